The van der Waals surface area contributed by atoms with Crippen LogP contribution in [0.25, 0.3) is 5.65 Å². The lowest BCUT2D eigenvalue weighted by Crippen LogP contribution is -2.39. The maximum absolute atomic E-state index is 13.8. The molecule has 2 unspecified atom stereocenters. The second-order valence-corrected chi connectivity index (χ2v) is 12.0. The Bertz CT molecular complexity index is 1540. The first-order valence-corrected chi connectivity index (χ1v) is 14.5. The quantitative estimate of drug-likeness (QED) is 0.505. The summed E-state index contributed by atoms with van der Waals surface area (Å²) in [5.74, 6) is -0.00739. The van der Waals surface area contributed by atoms with Crippen molar-refractivity contribution in [2.24, 2.45) is 5.92 Å². The Kier molecular flexibility index (Phi) is 6.75. The van der Waals surface area contributed by atoms with Crippen molar-refractivity contribution in [1.82, 2.24) is 19.5 Å². The Labute approximate surface area is 221 Å². The minimum absolute atomic E-state index is 0.250. The molecule has 3 atom stereocenters. The van der Waals surface area contributed by atoms with Crippen LogP contribution in [0.4, 0.5) is 11.5 Å². The number of hydrogen-bond acceptors (Lipinski definition) is 8. The first-order valence-electron chi connectivity index (χ1n) is 12.6. The lowest BCUT2D eigenvalue weighted by molar-refractivity contribution is 0.0606. The van der Waals surface area contributed by atoms with Crippen molar-refractivity contribution in [3.8, 4) is 6.07 Å². The molecule has 5 rings (SSSR count). The molecule has 2 fully saturated rings. The third-order valence-corrected chi connectivity index (χ3v) is 7.77. The number of aryl methyl sites for hydroxylation is 2. The summed E-state index contributed by atoms with van der Waals surface area (Å²) in [6.07, 6.45) is 4.72. The van der Waals surface area contributed by atoms with Gasteiger partial charge in [-0.3, -0.25) is 9.52 Å². The first-order chi connectivity index (χ1) is 18.0. The zero-order chi connectivity index (χ0) is 27.2. The Morgan fingerprint density at radius 1 is 1.21 bits per heavy atom. The highest BCUT2D eigenvalue weighted by Gasteiger charge is 2.34. The topological polar surface area (TPSA) is 144 Å². The summed E-state index contributed by atoms with van der Waals surface area (Å²) in [7, 11) is -3.57. The second kappa shape index (κ2) is 9.89. The summed E-state index contributed by atoms with van der Waals surface area (Å²) in [6, 6.07) is 8.84. The molecule has 38 heavy (non-hydrogen) atoms. The van der Waals surface area contributed by atoms with Crippen molar-refractivity contribution in [3.05, 3.63) is 52.8 Å². The van der Waals surface area contributed by atoms with Crippen LogP contribution in [-0.4, -0.2) is 70.9 Å². The Hall–Kier alpha value is -3.69. The van der Waals surface area contributed by atoms with Crippen LogP contribution >= 0.6 is 0 Å². The smallest absolute Gasteiger partial charge is 0.256 e. The van der Waals surface area contributed by atoms with Crippen LogP contribution in [0.1, 0.15) is 52.5 Å². The number of benzene rings is 1. The number of carbonyl (C=O) groups is 1. The van der Waals surface area contributed by atoms with E-state index in [9.17, 15) is 23.6 Å². The molecule has 0 spiro atoms. The number of piperidine rings is 1. The van der Waals surface area contributed by atoms with Gasteiger partial charge in [0, 0.05) is 37.5 Å². The van der Waals surface area contributed by atoms with Gasteiger partial charge in [0.2, 0.25) is 10.0 Å². The van der Waals surface area contributed by atoms with Crippen LogP contribution in [0.3, 0.4) is 0 Å². The molecular formula is C26H31N7O4S. The van der Waals surface area contributed by atoms with Gasteiger partial charge in [-0.2, -0.15) is 10.4 Å². The van der Waals surface area contributed by atoms with Gasteiger partial charge >= 0.3 is 0 Å². The van der Waals surface area contributed by atoms with Crippen LogP contribution in [0.15, 0.2) is 30.5 Å². The van der Waals surface area contributed by atoms with E-state index in [-0.39, 0.29) is 17.6 Å². The fourth-order valence-corrected chi connectivity index (χ4v) is 5.93. The molecule has 0 aliphatic carbocycles. The molecule has 0 radical (unpaired) electrons. The maximum Gasteiger partial charge on any atom is 0.256 e. The molecule has 1 amide bonds. The van der Waals surface area contributed by atoms with E-state index in [1.807, 2.05) is 31.0 Å². The standard InChI is InChI=1S/C26H31N7O4S/c1-16-7-8-20(30-38(3,36)37)19(10-16)26(35)32-9-5-4-6-22(32)21-11-24-28-25(17(2)13-33(24)29-21)31-14-18(12-27)23(34)15-31/h7-8,10-11,13,18,22-23,30,34H,4-6,9,14-15H2,1-3H3/t18?,22-,23?/m0/s1. The van der Waals surface area contributed by atoms with Gasteiger partial charge in [-0.1, -0.05) is 11.6 Å². The maximum atomic E-state index is 13.8. The number of amides is 1. The molecule has 0 saturated carbocycles. The minimum Gasteiger partial charge on any atom is -0.390 e. The summed E-state index contributed by atoms with van der Waals surface area (Å²) in [5.41, 5.74) is 3.61. The van der Waals surface area contributed by atoms with Crippen LogP contribution < -0.4 is 9.62 Å². The molecule has 11 nitrogen and oxygen atoms in total. The molecule has 2 N–H and O–H groups in total. The van der Waals surface area contributed by atoms with Gasteiger partial charge in [-0.15, -0.1) is 0 Å². The Morgan fingerprint density at radius 3 is 2.71 bits per heavy atom. The lowest BCUT2D eigenvalue weighted by Gasteiger charge is -2.35. The number of aromatic nitrogens is 3. The molecule has 2 aromatic heterocycles. The van der Waals surface area contributed by atoms with E-state index in [2.05, 4.69) is 10.8 Å². The van der Waals surface area contributed by atoms with Crippen molar-refractivity contribution >= 4 is 33.1 Å². The highest BCUT2D eigenvalue weighted by Crippen LogP contribution is 2.34. The van der Waals surface area contributed by atoms with Gasteiger partial charge in [0.05, 0.1) is 47.3 Å². The predicted octanol–water partition coefficient (Wildman–Crippen LogP) is 2.41. The zero-order valence-electron chi connectivity index (χ0n) is 21.6. The lowest BCUT2D eigenvalue weighted by atomic mass is 9.97. The average molecular weight is 538 g/mol. The SMILES string of the molecule is Cc1ccc(NS(C)(=O)=O)c(C(=O)N2CCCC[C@H]2c2cc3nc(N4CC(O)C(C#N)C4)c(C)cn3n2)c1. The largest absolute Gasteiger partial charge is 0.390 e. The molecule has 1 aromatic carbocycles. The van der Waals surface area contributed by atoms with Crippen LogP contribution in [0, 0.1) is 31.1 Å². The molecule has 2 aliphatic rings. The first kappa shape index (κ1) is 25.9. The van der Waals surface area contributed by atoms with Crippen LogP contribution in [-0.2, 0) is 10.0 Å². The number of fused-ring (bicyclic) bond motifs is 1. The fourth-order valence-electron chi connectivity index (χ4n) is 5.35. The zero-order valence-corrected chi connectivity index (χ0v) is 22.4. The van der Waals surface area contributed by atoms with E-state index >= 15 is 0 Å². The van der Waals surface area contributed by atoms with Crippen molar-refractivity contribution < 1.29 is 18.3 Å². The number of nitrogens with one attached hydrogen (secondary N) is 1. The summed E-state index contributed by atoms with van der Waals surface area (Å²) < 4.78 is 28.0. The number of aliphatic hydroxyl groups is 1. The van der Waals surface area contributed by atoms with Gasteiger partial charge < -0.3 is 14.9 Å². The van der Waals surface area contributed by atoms with Gasteiger partial charge in [0.25, 0.3) is 5.91 Å². The van der Waals surface area contributed by atoms with E-state index in [0.29, 0.717) is 42.4 Å². The number of rotatable bonds is 5. The molecule has 3 aromatic rings. The molecular weight excluding hydrogens is 506 g/mol. The van der Waals surface area contributed by atoms with Crippen LogP contribution in [0.2, 0.25) is 0 Å². The summed E-state index contributed by atoms with van der Waals surface area (Å²) >= 11 is 0. The molecule has 2 saturated heterocycles. The minimum atomic E-state index is -3.57. The summed E-state index contributed by atoms with van der Waals surface area (Å²) in [6.45, 7) is 5.06. The number of carbonyl (C=O) groups excluding carboxylic acids is 1. The van der Waals surface area contributed by atoms with E-state index < -0.39 is 22.0 Å². The van der Waals surface area contributed by atoms with E-state index in [1.165, 1.54) is 0 Å². The number of likely N-dealkylation sites (tertiary alicyclic amines) is 1. The van der Waals surface area contributed by atoms with Gasteiger partial charge in [-0.05, 0) is 45.2 Å². The molecule has 2 aliphatic heterocycles. The number of β-amino-alcohol motifs (C(OH)–C–C–N with tert-alkyl or cyclic N) is 1. The third-order valence-electron chi connectivity index (χ3n) is 7.18. The summed E-state index contributed by atoms with van der Waals surface area (Å²) in [5, 5.41) is 24.2. The van der Waals surface area contributed by atoms with E-state index in [4.69, 9.17) is 10.1 Å². The molecule has 12 heteroatoms. The second-order valence-electron chi connectivity index (χ2n) is 10.3. The monoisotopic (exact) mass is 537 g/mol. The van der Waals surface area contributed by atoms with Crippen molar-refractivity contribution in [1.29, 1.82) is 5.26 Å². The number of nitrogens with zero attached hydrogens (tertiary/aromatic N) is 6. The summed E-state index contributed by atoms with van der Waals surface area (Å²) in [4.78, 5) is 22.3. The average Bonchev–Trinajstić information content (AvgIpc) is 3.45. The van der Waals surface area contributed by atoms with Gasteiger partial charge in [-0.25, -0.2) is 17.9 Å². The van der Waals surface area contributed by atoms with Crippen molar-refractivity contribution in [2.45, 2.75) is 45.3 Å². The van der Waals surface area contributed by atoms with Crippen molar-refractivity contribution in [2.75, 3.05) is 35.5 Å². The highest BCUT2D eigenvalue weighted by atomic mass is 32.2. The van der Waals surface area contributed by atoms with E-state index in [0.717, 1.165) is 36.6 Å². The van der Waals surface area contributed by atoms with Crippen LogP contribution in [0.5, 0.6) is 0 Å². The molecule has 4 heterocycles. The molecule has 0 bridgehead atoms. The number of hydrogen-bond donors (Lipinski definition) is 2. The van der Waals surface area contributed by atoms with Gasteiger partial charge in [0.15, 0.2) is 5.65 Å². The predicted molar refractivity (Wildman–Crippen MR) is 142 cm³/mol. The number of aliphatic hydroxyl groups excluding tert-OH is 1. The fraction of sp³-hybridized carbons (Fsp3) is 0.462. The molecule has 200 valence electrons. The Balaban J connectivity index is 1.48. The van der Waals surface area contributed by atoms with Gasteiger partial charge in [0.1, 0.15) is 5.82 Å². The number of sulfonamides is 1. The Morgan fingerprint density at radius 2 is 2.00 bits per heavy atom. The third kappa shape index (κ3) is 5.04. The van der Waals surface area contributed by atoms with Crippen molar-refractivity contribution in [3.63, 3.8) is 0 Å². The normalized spacial score (nSPS) is 22.0. The number of anilines is 2. The number of nitriles is 1. The van der Waals surface area contributed by atoms with E-state index in [1.54, 1.807) is 27.6 Å². The highest BCUT2D eigenvalue weighted by molar-refractivity contribution is 7.92.